The second-order valence-corrected chi connectivity index (χ2v) is 3.06. The van der Waals surface area contributed by atoms with Crippen molar-refractivity contribution in [3.8, 4) is 0 Å². The Labute approximate surface area is 97.8 Å². The largest absolute Gasteiger partial charge is 0.486 e. The lowest BCUT2D eigenvalue weighted by atomic mass is 10.5. The Kier molecular flexibility index (Phi) is 18.1. The maximum absolute atomic E-state index is 5.28. The van der Waals surface area contributed by atoms with E-state index in [0.29, 0.717) is 24.7 Å². The van der Waals surface area contributed by atoms with Crippen LogP contribution in [-0.4, -0.2) is 43.7 Å². The molecule has 0 radical (unpaired) electrons. The minimum absolute atomic E-state index is 0. The van der Waals surface area contributed by atoms with Crippen molar-refractivity contribution in [2.75, 3.05) is 33.8 Å². The molecule has 0 bridgehead atoms. The van der Waals surface area contributed by atoms with Gasteiger partial charge >= 0.3 is 0 Å². The summed E-state index contributed by atoms with van der Waals surface area (Å²) in [5.41, 5.74) is 5.28. The summed E-state index contributed by atoms with van der Waals surface area (Å²) in [7, 11) is 3.91. The monoisotopic (exact) mass is 248 g/mol. The number of hydrogen-bond acceptors (Lipinski definition) is 4. The maximum atomic E-state index is 5.28. The third-order valence-corrected chi connectivity index (χ3v) is 1.30. The molecule has 3 nitrogen and oxygen atoms in total. The van der Waals surface area contributed by atoms with Crippen LogP contribution in [0.4, 0.5) is 0 Å². The summed E-state index contributed by atoms with van der Waals surface area (Å²) in [6.45, 7) is 2.01. The van der Waals surface area contributed by atoms with Gasteiger partial charge in [-0.3, -0.25) is 0 Å². The van der Waals surface area contributed by atoms with Crippen molar-refractivity contribution in [1.82, 2.24) is 4.90 Å². The van der Waals surface area contributed by atoms with Gasteiger partial charge in [-0.05, 0) is 39.3 Å². The predicted molar refractivity (Wildman–Crippen MR) is 65.3 cm³/mol. The minimum atomic E-state index is 0. The molecule has 0 aromatic heterocycles. The van der Waals surface area contributed by atoms with Crippen molar-refractivity contribution >= 4 is 42.1 Å². The van der Waals surface area contributed by atoms with E-state index in [0.717, 1.165) is 6.42 Å². The standard InChI is InChI=1S/C7H16N2OS.2ClH/c1-9(2)6-7(11)10-5-3-4-8;;/h3-6,8H2,1-2H3;2*1H. The summed E-state index contributed by atoms with van der Waals surface area (Å²) in [6, 6.07) is 0. The quantitative estimate of drug-likeness (QED) is 0.584. The molecule has 0 rings (SSSR count). The number of nitrogens with two attached hydrogens (primary N) is 1. The fourth-order valence-electron chi connectivity index (χ4n) is 0.573. The Morgan fingerprint density at radius 3 is 2.31 bits per heavy atom. The summed E-state index contributed by atoms with van der Waals surface area (Å²) in [5, 5.41) is 0.642. The van der Waals surface area contributed by atoms with Gasteiger partial charge in [-0.15, -0.1) is 24.8 Å². The van der Waals surface area contributed by atoms with Gasteiger partial charge in [0, 0.05) is 0 Å². The first-order valence-electron chi connectivity index (χ1n) is 3.67. The molecule has 0 heterocycles. The van der Waals surface area contributed by atoms with E-state index in [-0.39, 0.29) is 24.8 Å². The predicted octanol–water partition coefficient (Wildman–Crippen LogP) is 1.08. The van der Waals surface area contributed by atoms with E-state index in [1.807, 2.05) is 19.0 Å². The molecule has 0 aliphatic carbocycles. The van der Waals surface area contributed by atoms with Gasteiger partial charge in [0.05, 0.1) is 13.2 Å². The highest BCUT2D eigenvalue weighted by atomic mass is 35.5. The van der Waals surface area contributed by atoms with E-state index in [9.17, 15) is 0 Å². The van der Waals surface area contributed by atoms with Crippen LogP contribution in [0, 0.1) is 0 Å². The lowest BCUT2D eigenvalue weighted by Crippen LogP contribution is -2.22. The van der Waals surface area contributed by atoms with Gasteiger partial charge in [-0.25, -0.2) is 0 Å². The molecule has 0 amide bonds. The summed E-state index contributed by atoms with van der Waals surface area (Å²) in [5.74, 6) is 0. The van der Waals surface area contributed by atoms with Crippen LogP contribution in [-0.2, 0) is 4.74 Å². The van der Waals surface area contributed by atoms with Crippen LogP contribution in [0.3, 0.4) is 0 Å². The molecule has 0 saturated carbocycles. The fourth-order valence-corrected chi connectivity index (χ4v) is 0.915. The first kappa shape index (κ1) is 19.0. The van der Waals surface area contributed by atoms with E-state index in [2.05, 4.69) is 0 Å². The highest BCUT2D eigenvalue weighted by Crippen LogP contribution is 1.87. The zero-order chi connectivity index (χ0) is 8.69. The average molecular weight is 249 g/mol. The van der Waals surface area contributed by atoms with Gasteiger partial charge in [0.15, 0.2) is 5.05 Å². The van der Waals surface area contributed by atoms with Crippen LogP contribution in [0.1, 0.15) is 6.42 Å². The SMILES string of the molecule is CN(C)CC(=S)OCCCN.Cl.Cl. The van der Waals surface area contributed by atoms with Crippen molar-refractivity contribution in [2.24, 2.45) is 5.73 Å². The van der Waals surface area contributed by atoms with Gasteiger partial charge in [-0.2, -0.15) is 0 Å². The molecule has 82 valence electrons. The van der Waals surface area contributed by atoms with Crippen LogP contribution in [0.2, 0.25) is 0 Å². The third-order valence-electron chi connectivity index (χ3n) is 1.06. The normalized spacial score (nSPS) is 8.62. The summed E-state index contributed by atoms with van der Waals surface area (Å²) in [4.78, 5) is 1.98. The van der Waals surface area contributed by atoms with Crippen molar-refractivity contribution in [1.29, 1.82) is 0 Å². The van der Waals surface area contributed by atoms with Crippen LogP contribution in [0.15, 0.2) is 0 Å². The Hall–Kier alpha value is 0.390. The number of halogens is 2. The number of ether oxygens (including phenoxy) is 1. The molecule has 0 aliphatic heterocycles. The molecule has 0 saturated heterocycles. The van der Waals surface area contributed by atoms with E-state index in [4.69, 9.17) is 22.7 Å². The fraction of sp³-hybridized carbons (Fsp3) is 0.857. The van der Waals surface area contributed by atoms with E-state index in [1.165, 1.54) is 0 Å². The summed E-state index contributed by atoms with van der Waals surface area (Å²) >= 11 is 4.94. The second kappa shape index (κ2) is 12.4. The Balaban J connectivity index is -0.000000500. The molecule has 0 aromatic carbocycles. The molecule has 0 aromatic rings. The molecule has 0 spiro atoms. The average Bonchev–Trinajstić information content (AvgIpc) is 1.86. The first-order chi connectivity index (χ1) is 5.16. The number of hydrogen-bond donors (Lipinski definition) is 1. The van der Waals surface area contributed by atoms with Gasteiger partial charge in [0.1, 0.15) is 0 Å². The molecule has 0 aliphatic rings. The van der Waals surface area contributed by atoms with Gasteiger partial charge < -0.3 is 15.4 Å². The van der Waals surface area contributed by atoms with E-state index < -0.39 is 0 Å². The highest BCUT2D eigenvalue weighted by molar-refractivity contribution is 7.80. The summed E-state index contributed by atoms with van der Waals surface area (Å²) < 4.78 is 5.20. The Bertz CT molecular complexity index is 125. The van der Waals surface area contributed by atoms with Crippen LogP contribution in [0.25, 0.3) is 0 Å². The first-order valence-corrected chi connectivity index (χ1v) is 4.08. The molecule has 0 atom stereocenters. The van der Waals surface area contributed by atoms with Crippen LogP contribution < -0.4 is 5.73 Å². The lowest BCUT2D eigenvalue weighted by Gasteiger charge is -2.11. The van der Waals surface area contributed by atoms with E-state index >= 15 is 0 Å². The van der Waals surface area contributed by atoms with Crippen molar-refractivity contribution < 1.29 is 4.74 Å². The van der Waals surface area contributed by atoms with Gasteiger partial charge in [0.25, 0.3) is 0 Å². The molecule has 6 heteroatoms. The zero-order valence-electron chi connectivity index (χ0n) is 7.99. The number of thiocarbonyl (C=S) groups is 1. The van der Waals surface area contributed by atoms with Gasteiger partial charge in [-0.1, -0.05) is 0 Å². The molecule has 0 fully saturated rings. The molecule has 13 heavy (non-hydrogen) atoms. The summed E-state index contributed by atoms with van der Waals surface area (Å²) in [6.07, 6.45) is 0.869. The molecule has 2 N–H and O–H groups in total. The smallest absolute Gasteiger partial charge is 0.173 e. The van der Waals surface area contributed by atoms with Crippen LogP contribution >= 0.6 is 37.0 Å². The third kappa shape index (κ3) is 15.2. The van der Waals surface area contributed by atoms with Crippen molar-refractivity contribution in [3.05, 3.63) is 0 Å². The maximum Gasteiger partial charge on any atom is 0.173 e. The van der Waals surface area contributed by atoms with Crippen molar-refractivity contribution in [3.63, 3.8) is 0 Å². The Morgan fingerprint density at radius 2 is 1.92 bits per heavy atom. The molecule has 0 unspecified atom stereocenters. The number of nitrogens with zero attached hydrogens (tertiary/aromatic N) is 1. The minimum Gasteiger partial charge on any atom is -0.486 e. The Morgan fingerprint density at radius 1 is 1.38 bits per heavy atom. The van der Waals surface area contributed by atoms with Crippen molar-refractivity contribution in [2.45, 2.75) is 6.42 Å². The van der Waals surface area contributed by atoms with E-state index in [1.54, 1.807) is 0 Å². The van der Waals surface area contributed by atoms with Gasteiger partial charge in [0.2, 0.25) is 0 Å². The molecular weight excluding hydrogens is 231 g/mol. The lowest BCUT2D eigenvalue weighted by molar-refractivity contribution is 0.288. The zero-order valence-corrected chi connectivity index (χ0v) is 10.4. The number of likely N-dealkylation sites (N-methyl/N-ethyl adjacent to an activating group) is 1. The topological polar surface area (TPSA) is 38.5 Å². The highest BCUT2D eigenvalue weighted by Gasteiger charge is 1.97. The second-order valence-electron chi connectivity index (χ2n) is 2.60. The molecular formula is C7H18Cl2N2OS. The van der Waals surface area contributed by atoms with Crippen LogP contribution in [0.5, 0.6) is 0 Å². The number of rotatable bonds is 5.